The van der Waals surface area contributed by atoms with Crippen LogP contribution in [0.4, 0.5) is 0 Å². The lowest BCUT2D eigenvalue weighted by molar-refractivity contribution is -0.0711. The molecule has 1 saturated heterocycles. The summed E-state index contributed by atoms with van der Waals surface area (Å²) in [5, 5.41) is 0.738. The van der Waals surface area contributed by atoms with Crippen molar-refractivity contribution in [3.63, 3.8) is 0 Å². The van der Waals surface area contributed by atoms with E-state index < -0.39 is 0 Å². The van der Waals surface area contributed by atoms with Gasteiger partial charge in [-0.15, -0.1) is 0 Å². The van der Waals surface area contributed by atoms with Crippen LogP contribution in [0.1, 0.15) is 25.0 Å². The Kier molecular flexibility index (Phi) is 4.17. The first-order chi connectivity index (χ1) is 9.61. The Morgan fingerprint density at radius 2 is 2.00 bits per heavy atom. The summed E-state index contributed by atoms with van der Waals surface area (Å²) in [6, 6.07) is 3.92. The Hall–Kier alpha value is -0.810. The van der Waals surface area contributed by atoms with Crippen LogP contribution >= 0.6 is 11.6 Å². The number of nitrogens with zero attached hydrogens (tertiary/aromatic N) is 1. The van der Waals surface area contributed by atoms with Crippen molar-refractivity contribution in [3.05, 3.63) is 28.3 Å². The van der Waals surface area contributed by atoms with E-state index in [1.54, 1.807) is 0 Å². The maximum atomic E-state index is 6.20. The highest BCUT2D eigenvalue weighted by Gasteiger charge is 2.24. The second-order valence-electron chi connectivity index (χ2n) is 5.62. The fourth-order valence-corrected chi connectivity index (χ4v) is 3.29. The van der Waals surface area contributed by atoms with Crippen LogP contribution in [0.5, 0.6) is 5.75 Å². The van der Waals surface area contributed by atoms with Crippen molar-refractivity contribution in [2.45, 2.75) is 39.2 Å². The van der Waals surface area contributed by atoms with Gasteiger partial charge in [0.2, 0.25) is 0 Å². The Balaban J connectivity index is 1.81. The van der Waals surface area contributed by atoms with Gasteiger partial charge in [0.05, 0.1) is 18.8 Å². The van der Waals surface area contributed by atoms with Gasteiger partial charge < -0.3 is 14.2 Å². The first kappa shape index (κ1) is 14.1. The van der Waals surface area contributed by atoms with Gasteiger partial charge >= 0.3 is 0 Å². The monoisotopic (exact) mass is 297 g/mol. The molecule has 3 rings (SSSR count). The van der Waals surface area contributed by atoms with Gasteiger partial charge in [-0.1, -0.05) is 11.6 Å². The molecule has 5 heteroatoms. The van der Waals surface area contributed by atoms with Crippen molar-refractivity contribution in [2.75, 3.05) is 19.9 Å². The van der Waals surface area contributed by atoms with E-state index in [1.165, 1.54) is 0 Å². The number of fused-ring (bicyclic) bond motifs is 1. The van der Waals surface area contributed by atoms with Crippen LogP contribution in [-0.4, -0.2) is 37.0 Å². The van der Waals surface area contributed by atoms with Crippen LogP contribution in [0.3, 0.4) is 0 Å². The lowest BCUT2D eigenvalue weighted by Gasteiger charge is -2.35. The predicted molar refractivity (Wildman–Crippen MR) is 77.0 cm³/mol. The van der Waals surface area contributed by atoms with Crippen molar-refractivity contribution in [1.29, 1.82) is 0 Å². The summed E-state index contributed by atoms with van der Waals surface area (Å²) in [4.78, 5) is 2.39. The highest BCUT2D eigenvalue weighted by atomic mass is 35.5. The fraction of sp³-hybridized carbons (Fsp3) is 0.600. The van der Waals surface area contributed by atoms with E-state index in [1.807, 2.05) is 12.1 Å². The summed E-state index contributed by atoms with van der Waals surface area (Å²) >= 11 is 6.20. The molecule has 1 aromatic rings. The molecular formula is C15H20ClNO3. The number of rotatable bonds is 2. The molecule has 2 atom stereocenters. The van der Waals surface area contributed by atoms with Crippen LogP contribution in [0.25, 0.3) is 0 Å². The Bertz CT molecular complexity index is 484. The van der Waals surface area contributed by atoms with Crippen LogP contribution in [0, 0.1) is 0 Å². The largest absolute Gasteiger partial charge is 0.467 e. The molecule has 2 aliphatic heterocycles. The molecule has 2 aliphatic rings. The second-order valence-corrected chi connectivity index (χ2v) is 6.05. The highest BCUT2D eigenvalue weighted by Crippen LogP contribution is 2.32. The van der Waals surface area contributed by atoms with Crippen molar-refractivity contribution in [1.82, 2.24) is 4.90 Å². The molecule has 110 valence electrons. The summed E-state index contributed by atoms with van der Waals surface area (Å²) < 4.78 is 16.8. The van der Waals surface area contributed by atoms with Gasteiger partial charge in [0.15, 0.2) is 6.79 Å². The normalized spacial score (nSPS) is 26.9. The lowest BCUT2D eigenvalue weighted by Crippen LogP contribution is -2.44. The topological polar surface area (TPSA) is 30.9 Å². The molecule has 1 fully saturated rings. The van der Waals surface area contributed by atoms with Crippen molar-refractivity contribution < 1.29 is 14.2 Å². The summed E-state index contributed by atoms with van der Waals surface area (Å²) in [6.45, 7) is 7.81. The molecule has 0 saturated carbocycles. The average molecular weight is 298 g/mol. The third-order valence-electron chi connectivity index (χ3n) is 3.64. The summed E-state index contributed by atoms with van der Waals surface area (Å²) in [5.74, 6) is 0.937. The Morgan fingerprint density at radius 1 is 1.25 bits per heavy atom. The third kappa shape index (κ3) is 3.09. The van der Waals surface area contributed by atoms with Crippen molar-refractivity contribution in [2.24, 2.45) is 0 Å². The van der Waals surface area contributed by atoms with Gasteiger partial charge in [-0.3, -0.25) is 4.90 Å². The summed E-state index contributed by atoms with van der Waals surface area (Å²) in [5.41, 5.74) is 2.17. The molecule has 0 spiro atoms. The van der Waals surface area contributed by atoms with E-state index in [0.29, 0.717) is 13.4 Å². The van der Waals surface area contributed by atoms with E-state index in [9.17, 15) is 0 Å². The Morgan fingerprint density at radius 3 is 2.75 bits per heavy atom. The first-order valence-electron chi connectivity index (χ1n) is 7.01. The van der Waals surface area contributed by atoms with Gasteiger partial charge in [0.1, 0.15) is 5.75 Å². The number of hydrogen-bond acceptors (Lipinski definition) is 4. The van der Waals surface area contributed by atoms with Gasteiger partial charge in [0, 0.05) is 35.8 Å². The summed E-state index contributed by atoms with van der Waals surface area (Å²) in [6.07, 6.45) is 0.524. The van der Waals surface area contributed by atoms with Crippen LogP contribution < -0.4 is 4.74 Å². The zero-order valence-corrected chi connectivity index (χ0v) is 12.7. The number of ether oxygens (including phenoxy) is 3. The number of benzene rings is 1. The van der Waals surface area contributed by atoms with Crippen LogP contribution in [0.15, 0.2) is 12.1 Å². The first-order valence-corrected chi connectivity index (χ1v) is 7.39. The minimum Gasteiger partial charge on any atom is -0.467 e. The van der Waals surface area contributed by atoms with Gasteiger partial charge in [-0.05, 0) is 26.0 Å². The molecule has 1 aromatic carbocycles. The molecular weight excluding hydrogens is 278 g/mol. The van der Waals surface area contributed by atoms with E-state index >= 15 is 0 Å². The smallest absolute Gasteiger partial charge is 0.189 e. The molecule has 0 aliphatic carbocycles. The molecule has 2 heterocycles. The highest BCUT2D eigenvalue weighted by molar-refractivity contribution is 6.30. The maximum Gasteiger partial charge on any atom is 0.189 e. The second kappa shape index (κ2) is 5.90. The van der Waals surface area contributed by atoms with Gasteiger partial charge in [-0.2, -0.15) is 0 Å². The number of morpholine rings is 1. The number of hydrogen-bond donors (Lipinski definition) is 0. The van der Waals surface area contributed by atoms with E-state index in [-0.39, 0.29) is 12.2 Å². The zero-order valence-electron chi connectivity index (χ0n) is 11.9. The van der Waals surface area contributed by atoms with Crippen molar-refractivity contribution >= 4 is 11.6 Å². The maximum absolute atomic E-state index is 6.20. The fourth-order valence-electron chi connectivity index (χ4n) is 3.03. The molecule has 0 aromatic heterocycles. The van der Waals surface area contributed by atoms with Gasteiger partial charge in [-0.25, -0.2) is 0 Å². The minimum absolute atomic E-state index is 0.262. The average Bonchev–Trinajstić information content (AvgIpc) is 2.37. The molecule has 4 nitrogen and oxygen atoms in total. The third-order valence-corrected chi connectivity index (χ3v) is 3.86. The van der Waals surface area contributed by atoms with Crippen molar-refractivity contribution in [3.8, 4) is 5.75 Å². The molecule has 0 radical (unpaired) electrons. The molecule has 0 unspecified atom stereocenters. The molecule has 0 N–H and O–H groups in total. The lowest BCUT2D eigenvalue weighted by atomic mass is 10.1. The van der Waals surface area contributed by atoms with E-state index in [2.05, 4.69) is 18.7 Å². The Labute approximate surface area is 124 Å². The van der Waals surface area contributed by atoms with Crippen LogP contribution in [-0.2, 0) is 22.6 Å². The summed E-state index contributed by atoms with van der Waals surface area (Å²) in [7, 11) is 0. The minimum atomic E-state index is 0.262. The van der Waals surface area contributed by atoms with Gasteiger partial charge in [0.25, 0.3) is 0 Å². The SMILES string of the molecule is C[C@@H]1CN(Cc2cc(Cl)cc3c2OCOC3)C[C@@H](C)O1. The molecule has 0 bridgehead atoms. The van der Waals surface area contributed by atoms with E-state index in [0.717, 1.165) is 41.5 Å². The standard InChI is InChI=1S/C15H20ClNO3/c1-10-5-17(6-11(2)20-10)7-12-3-14(16)4-13-8-18-9-19-15(12)13/h3-4,10-11H,5-9H2,1-2H3/t10-,11-/m1/s1. The molecule has 0 amide bonds. The van der Waals surface area contributed by atoms with Crippen LogP contribution in [0.2, 0.25) is 5.02 Å². The zero-order chi connectivity index (χ0) is 14.1. The predicted octanol–water partition coefficient (Wildman–Crippen LogP) is 2.82. The number of halogens is 1. The molecule has 20 heavy (non-hydrogen) atoms. The van der Waals surface area contributed by atoms with E-state index in [4.69, 9.17) is 25.8 Å². The quantitative estimate of drug-likeness (QED) is 0.840.